The summed E-state index contributed by atoms with van der Waals surface area (Å²) in [6, 6.07) is 5.43. The van der Waals surface area contributed by atoms with E-state index in [1.807, 2.05) is 26.0 Å². The van der Waals surface area contributed by atoms with Crippen molar-refractivity contribution in [3.8, 4) is 5.75 Å². The third kappa shape index (κ3) is 3.93. The number of hydrogen-bond acceptors (Lipinski definition) is 1. The summed E-state index contributed by atoms with van der Waals surface area (Å²) in [6.45, 7) is 3.74. The Kier molecular flexibility index (Phi) is 7.25. The zero-order valence-corrected chi connectivity index (χ0v) is 9.73. The van der Waals surface area contributed by atoms with Gasteiger partial charge in [0.15, 0.2) is 0 Å². The molecular formula is C8H9ClOZr. The Bertz CT molecular complexity index is 225. The molecule has 0 N–H and O–H groups in total. The molecule has 0 aliphatic rings. The Labute approximate surface area is 92.4 Å². The van der Waals surface area contributed by atoms with Gasteiger partial charge < -0.3 is 17.5 Å². The minimum absolute atomic E-state index is 0. The molecular weight excluding hydrogens is 239 g/mol. The zero-order valence-electron chi connectivity index (χ0n) is 6.52. The van der Waals surface area contributed by atoms with Crippen molar-refractivity contribution in [2.75, 3.05) is 0 Å². The van der Waals surface area contributed by atoms with Crippen LogP contribution in [0.4, 0.5) is 0 Å². The first-order chi connectivity index (χ1) is 4.20. The summed E-state index contributed by atoms with van der Waals surface area (Å²) in [5.41, 5.74) is 1.85. The average Bonchev–Trinajstić information content (AvgIpc) is 1.80. The first-order valence-corrected chi connectivity index (χ1v) is 2.94. The Morgan fingerprint density at radius 1 is 1.18 bits per heavy atom. The SMILES string of the molecule is Cc1ccc(C)c([O-])c1.[Cl-].[Zr+2]. The van der Waals surface area contributed by atoms with Gasteiger partial charge in [0.2, 0.25) is 0 Å². The van der Waals surface area contributed by atoms with Crippen LogP contribution in [-0.4, -0.2) is 0 Å². The second kappa shape index (κ2) is 5.79. The van der Waals surface area contributed by atoms with Crippen molar-refractivity contribution in [1.29, 1.82) is 0 Å². The first-order valence-electron chi connectivity index (χ1n) is 2.94. The fraction of sp³-hybridized carbons (Fsp3) is 0.250. The van der Waals surface area contributed by atoms with Gasteiger partial charge in [-0.1, -0.05) is 29.3 Å². The van der Waals surface area contributed by atoms with E-state index in [9.17, 15) is 5.11 Å². The molecule has 0 unspecified atom stereocenters. The molecule has 1 rings (SSSR count). The Morgan fingerprint density at radius 3 is 2.09 bits per heavy atom. The van der Waals surface area contributed by atoms with Crippen LogP contribution in [0.2, 0.25) is 0 Å². The number of rotatable bonds is 0. The molecule has 11 heavy (non-hydrogen) atoms. The predicted octanol–water partition coefficient (Wildman–Crippen LogP) is -1.62. The van der Waals surface area contributed by atoms with E-state index in [4.69, 9.17) is 0 Å². The molecule has 0 aromatic heterocycles. The number of benzene rings is 1. The molecule has 0 saturated heterocycles. The Hall–Kier alpha value is 0.193. The number of halogens is 1. The number of hydrogen-bond donors (Lipinski definition) is 0. The third-order valence-corrected chi connectivity index (χ3v) is 1.34. The van der Waals surface area contributed by atoms with Gasteiger partial charge in [-0.25, -0.2) is 0 Å². The molecule has 0 heterocycles. The maximum atomic E-state index is 10.8. The first kappa shape index (κ1) is 13.8. The summed E-state index contributed by atoms with van der Waals surface area (Å²) in [6.07, 6.45) is 0. The van der Waals surface area contributed by atoms with Crippen LogP contribution in [0.1, 0.15) is 11.1 Å². The standard InChI is InChI=1S/C8H10O.ClH.Zr/c1-6-3-4-7(2)8(9)5-6;;/h3-5,9H,1-2H3;1H;/q;;+2/p-2. The van der Waals surface area contributed by atoms with Crippen molar-refractivity contribution >= 4 is 0 Å². The van der Waals surface area contributed by atoms with E-state index in [-0.39, 0.29) is 44.4 Å². The summed E-state index contributed by atoms with van der Waals surface area (Å²) < 4.78 is 0. The summed E-state index contributed by atoms with van der Waals surface area (Å²) in [7, 11) is 0. The van der Waals surface area contributed by atoms with Crippen LogP contribution in [0.15, 0.2) is 18.2 Å². The molecule has 58 valence electrons. The normalized spacial score (nSPS) is 7.82. The summed E-state index contributed by atoms with van der Waals surface area (Å²) >= 11 is 0. The van der Waals surface area contributed by atoms with Gasteiger partial charge in [-0.05, 0) is 13.8 Å². The van der Waals surface area contributed by atoms with Gasteiger partial charge in [-0.2, -0.15) is 0 Å². The molecule has 0 fully saturated rings. The summed E-state index contributed by atoms with van der Waals surface area (Å²) in [5.74, 6) is 0.134. The predicted molar refractivity (Wildman–Crippen MR) is 35.4 cm³/mol. The molecule has 0 bridgehead atoms. The van der Waals surface area contributed by atoms with Crippen LogP contribution in [0.5, 0.6) is 5.75 Å². The van der Waals surface area contributed by atoms with Crippen LogP contribution in [0.25, 0.3) is 0 Å². The molecule has 1 aromatic rings. The molecule has 1 nitrogen and oxygen atoms in total. The minimum Gasteiger partial charge on any atom is -1.00 e. The molecule has 0 aliphatic heterocycles. The molecule has 0 aliphatic carbocycles. The van der Waals surface area contributed by atoms with Gasteiger partial charge >= 0.3 is 26.2 Å². The van der Waals surface area contributed by atoms with Gasteiger partial charge in [0.1, 0.15) is 0 Å². The fourth-order valence-corrected chi connectivity index (χ4v) is 0.707. The monoisotopic (exact) mass is 246 g/mol. The molecule has 3 heteroatoms. The minimum atomic E-state index is 0. The Balaban J connectivity index is 0. The van der Waals surface area contributed by atoms with Crippen molar-refractivity contribution in [1.82, 2.24) is 0 Å². The smallest absolute Gasteiger partial charge is 1.00 e. The van der Waals surface area contributed by atoms with E-state index in [0.717, 1.165) is 11.1 Å². The van der Waals surface area contributed by atoms with Crippen LogP contribution in [0, 0.1) is 13.8 Å². The largest absolute Gasteiger partial charge is 2.00 e. The summed E-state index contributed by atoms with van der Waals surface area (Å²) in [4.78, 5) is 0. The van der Waals surface area contributed by atoms with Gasteiger partial charge in [0.25, 0.3) is 0 Å². The molecule has 0 atom stereocenters. The van der Waals surface area contributed by atoms with E-state index in [2.05, 4.69) is 0 Å². The van der Waals surface area contributed by atoms with Gasteiger partial charge in [0, 0.05) is 0 Å². The molecule has 0 radical (unpaired) electrons. The van der Waals surface area contributed by atoms with Crippen molar-refractivity contribution in [3.63, 3.8) is 0 Å². The van der Waals surface area contributed by atoms with E-state index in [1.54, 1.807) is 6.07 Å². The molecule has 0 amide bonds. The molecule has 0 saturated carbocycles. The third-order valence-electron chi connectivity index (χ3n) is 1.34. The zero-order chi connectivity index (χ0) is 6.85. The maximum absolute atomic E-state index is 10.8. The van der Waals surface area contributed by atoms with Crippen molar-refractivity contribution < 1.29 is 43.7 Å². The average molecular weight is 248 g/mol. The fourth-order valence-electron chi connectivity index (χ4n) is 0.707. The van der Waals surface area contributed by atoms with Crippen LogP contribution in [-0.2, 0) is 26.2 Å². The topological polar surface area (TPSA) is 23.1 Å². The maximum Gasteiger partial charge on any atom is 2.00 e. The number of aryl methyl sites for hydroxylation is 2. The molecule has 1 aromatic carbocycles. The van der Waals surface area contributed by atoms with E-state index in [0.29, 0.717) is 0 Å². The van der Waals surface area contributed by atoms with Crippen LogP contribution in [0.3, 0.4) is 0 Å². The molecule has 0 spiro atoms. The quantitative estimate of drug-likeness (QED) is 0.541. The van der Waals surface area contributed by atoms with Gasteiger partial charge in [-0.15, -0.1) is 5.75 Å². The van der Waals surface area contributed by atoms with Crippen molar-refractivity contribution in [2.45, 2.75) is 13.8 Å². The van der Waals surface area contributed by atoms with E-state index >= 15 is 0 Å². The van der Waals surface area contributed by atoms with Gasteiger partial charge in [-0.3, -0.25) is 0 Å². The summed E-state index contributed by atoms with van der Waals surface area (Å²) in [5, 5.41) is 10.8. The van der Waals surface area contributed by atoms with Crippen LogP contribution >= 0.6 is 0 Å². The second-order valence-corrected chi connectivity index (χ2v) is 2.27. The van der Waals surface area contributed by atoms with Crippen LogP contribution < -0.4 is 17.5 Å². The Morgan fingerprint density at radius 2 is 1.73 bits per heavy atom. The van der Waals surface area contributed by atoms with E-state index in [1.165, 1.54) is 0 Å². The second-order valence-electron chi connectivity index (χ2n) is 2.27. The van der Waals surface area contributed by atoms with Crippen molar-refractivity contribution in [3.05, 3.63) is 29.3 Å². The van der Waals surface area contributed by atoms with E-state index < -0.39 is 0 Å². The van der Waals surface area contributed by atoms with Crippen molar-refractivity contribution in [2.24, 2.45) is 0 Å². The van der Waals surface area contributed by atoms with Gasteiger partial charge in [0.05, 0.1) is 0 Å².